The fraction of sp³-hybridized carbons (Fsp3) is 0.161. The van der Waals surface area contributed by atoms with Gasteiger partial charge in [-0.2, -0.15) is 13.2 Å². The molecule has 1 aliphatic carbocycles. The van der Waals surface area contributed by atoms with Crippen LogP contribution in [0, 0.1) is 0 Å². The van der Waals surface area contributed by atoms with Crippen LogP contribution in [0.1, 0.15) is 24.8 Å². The van der Waals surface area contributed by atoms with E-state index in [1.54, 1.807) is 24.4 Å². The quantitative estimate of drug-likeness (QED) is 0.181. The number of rotatable bonds is 5. The third-order valence-corrected chi connectivity index (χ3v) is 8.29. The Kier molecular flexibility index (Phi) is 6.06. The highest BCUT2D eigenvalue weighted by Gasteiger charge is 2.35. The number of anilines is 3. The van der Waals surface area contributed by atoms with Crippen LogP contribution in [0.15, 0.2) is 91.1 Å². The highest BCUT2D eigenvalue weighted by Crippen LogP contribution is 2.45. The zero-order chi connectivity index (χ0) is 28.2. The first kappa shape index (κ1) is 25.7. The fourth-order valence-corrected chi connectivity index (χ4v) is 5.90. The van der Waals surface area contributed by atoms with Crippen molar-refractivity contribution >= 4 is 29.1 Å². The van der Waals surface area contributed by atoms with E-state index in [1.807, 2.05) is 42.5 Å². The second-order valence-corrected chi connectivity index (χ2v) is 11.2. The van der Waals surface area contributed by atoms with E-state index >= 15 is 0 Å². The van der Waals surface area contributed by atoms with Gasteiger partial charge < -0.3 is 15.8 Å². The van der Waals surface area contributed by atoms with E-state index in [0.717, 1.165) is 53.0 Å². The number of nitrogens with two attached hydrogens (primary N) is 1. The van der Waals surface area contributed by atoms with Gasteiger partial charge >= 0.3 is 5.51 Å². The summed E-state index contributed by atoms with van der Waals surface area (Å²) in [5.74, 6) is 1.37. The van der Waals surface area contributed by atoms with Crippen molar-refractivity contribution in [1.82, 2.24) is 14.5 Å². The van der Waals surface area contributed by atoms with Gasteiger partial charge in [-0.3, -0.25) is 4.57 Å². The van der Waals surface area contributed by atoms with E-state index in [4.69, 9.17) is 10.7 Å². The number of halogens is 3. The molecule has 0 bridgehead atoms. The maximum absolute atomic E-state index is 12.9. The van der Waals surface area contributed by atoms with E-state index < -0.39 is 5.51 Å². The summed E-state index contributed by atoms with van der Waals surface area (Å²) >= 11 is -0.290. The lowest BCUT2D eigenvalue weighted by atomic mass is 9.72. The fourth-order valence-electron chi connectivity index (χ4n) is 5.54. The average molecular weight is 571 g/mol. The van der Waals surface area contributed by atoms with Gasteiger partial charge in [-0.15, -0.1) is 0 Å². The number of pyridine rings is 1. The normalized spacial score (nSPS) is 15.0. The SMILES string of the molecule is NC1(c2ccc(-c3c(-c4cccc(NSC(F)(F)F)c4)nc4n3-c3cccnc3Nc3ccccc3-4)cc2)CCC1. The first-order valence-electron chi connectivity index (χ1n) is 13.2. The number of aromatic nitrogens is 3. The molecule has 1 fully saturated rings. The third kappa shape index (κ3) is 4.62. The summed E-state index contributed by atoms with van der Waals surface area (Å²) in [6.45, 7) is 0. The smallest absolute Gasteiger partial charge is 0.338 e. The topological polar surface area (TPSA) is 80.8 Å². The summed E-state index contributed by atoms with van der Waals surface area (Å²) in [5, 5.41) is 3.45. The van der Waals surface area contributed by atoms with Crippen LogP contribution >= 0.6 is 11.9 Å². The van der Waals surface area contributed by atoms with Crippen LogP contribution in [0.5, 0.6) is 0 Å². The van der Waals surface area contributed by atoms with Gasteiger partial charge in [0.2, 0.25) is 0 Å². The van der Waals surface area contributed by atoms with Crippen LogP contribution in [0.2, 0.25) is 0 Å². The number of para-hydroxylation sites is 1. The van der Waals surface area contributed by atoms with Crippen LogP contribution in [0.4, 0.5) is 30.4 Å². The summed E-state index contributed by atoms with van der Waals surface area (Å²) in [7, 11) is 0. The van der Waals surface area contributed by atoms with Crippen LogP contribution in [0.25, 0.3) is 39.6 Å². The summed E-state index contributed by atoms with van der Waals surface area (Å²) in [6, 6.07) is 26.9. The summed E-state index contributed by atoms with van der Waals surface area (Å²) in [5.41, 5.74) is 8.91. The highest BCUT2D eigenvalue weighted by atomic mass is 32.2. The number of nitrogens with zero attached hydrogens (tertiary/aromatic N) is 3. The van der Waals surface area contributed by atoms with Gasteiger partial charge in [0.15, 0.2) is 5.82 Å². The molecule has 1 aliphatic heterocycles. The van der Waals surface area contributed by atoms with E-state index in [-0.39, 0.29) is 17.5 Å². The predicted octanol–water partition coefficient (Wildman–Crippen LogP) is 8.24. The van der Waals surface area contributed by atoms with Crippen molar-refractivity contribution in [2.24, 2.45) is 5.73 Å². The summed E-state index contributed by atoms with van der Waals surface area (Å²) in [4.78, 5) is 9.78. The molecule has 206 valence electrons. The zero-order valence-corrected chi connectivity index (χ0v) is 22.6. The molecule has 0 amide bonds. The molecule has 4 N–H and O–H groups in total. The lowest BCUT2D eigenvalue weighted by molar-refractivity contribution is -0.0323. The molecule has 7 rings (SSSR count). The Morgan fingerprint density at radius 2 is 1.73 bits per heavy atom. The minimum Gasteiger partial charge on any atom is -0.338 e. The largest absolute Gasteiger partial charge is 0.461 e. The second kappa shape index (κ2) is 9.67. The number of hydrogen-bond donors (Lipinski definition) is 3. The van der Waals surface area contributed by atoms with Crippen LogP contribution in [-0.2, 0) is 5.54 Å². The molecule has 0 unspecified atom stereocenters. The monoisotopic (exact) mass is 570 g/mol. The Hall–Kier alpha value is -4.28. The standard InChI is InChI=1S/C31H25F3N6S/c32-31(33,34)41-39-22-7-3-6-20(18-22)26-27(19-11-13-21(14-12-19)30(35)15-5-16-30)40-25-10-4-17-36-28(25)37-24-9-2-1-8-23(24)29(40)38-26/h1-4,6-14,17-18,39H,5,15-16,35H2,(H,36,37). The van der Waals surface area contributed by atoms with Gasteiger partial charge in [-0.05, 0) is 61.2 Å². The lowest BCUT2D eigenvalue weighted by Gasteiger charge is -2.38. The number of nitrogens with one attached hydrogen (secondary N) is 2. The van der Waals surface area contributed by atoms with Gasteiger partial charge in [0.25, 0.3) is 0 Å². The first-order valence-corrected chi connectivity index (χ1v) is 14.1. The molecule has 3 aromatic carbocycles. The third-order valence-electron chi connectivity index (χ3n) is 7.73. The number of benzene rings is 3. The van der Waals surface area contributed by atoms with E-state index in [1.165, 1.54) is 0 Å². The van der Waals surface area contributed by atoms with Crippen molar-refractivity contribution in [2.45, 2.75) is 30.3 Å². The molecule has 0 radical (unpaired) electrons. The van der Waals surface area contributed by atoms with Gasteiger partial charge in [0.1, 0.15) is 5.82 Å². The molecule has 5 aromatic rings. The predicted molar refractivity (Wildman–Crippen MR) is 158 cm³/mol. The van der Waals surface area contributed by atoms with E-state index in [0.29, 0.717) is 28.6 Å². The molecule has 2 aromatic heterocycles. The Balaban J connectivity index is 1.46. The van der Waals surface area contributed by atoms with E-state index in [2.05, 4.69) is 43.9 Å². The highest BCUT2D eigenvalue weighted by molar-refractivity contribution is 8.01. The van der Waals surface area contributed by atoms with Crippen molar-refractivity contribution < 1.29 is 13.2 Å². The maximum atomic E-state index is 12.9. The van der Waals surface area contributed by atoms with E-state index in [9.17, 15) is 13.2 Å². The van der Waals surface area contributed by atoms with Gasteiger partial charge in [-0.25, -0.2) is 9.97 Å². The maximum Gasteiger partial charge on any atom is 0.461 e. The van der Waals surface area contributed by atoms with Crippen molar-refractivity contribution in [3.8, 4) is 39.6 Å². The molecule has 1 saturated carbocycles. The minimum absolute atomic E-state index is 0.290. The van der Waals surface area contributed by atoms with Crippen molar-refractivity contribution in [2.75, 3.05) is 10.0 Å². The van der Waals surface area contributed by atoms with Crippen molar-refractivity contribution in [3.05, 3.63) is 96.7 Å². The van der Waals surface area contributed by atoms with Gasteiger partial charge in [0.05, 0.1) is 34.7 Å². The average Bonchev–Trinajstić information content (AvgIpc) is 3.29. The van der Waals surface area contributed by atoms with Crippen LogP contribution in [0.3, 0.4) is 0 Å². The van der Waals surface area contributed by atoms with Gasteiger partial charge in [0, 0.05) is 34.1 Å². The Morgan fingerprint density at radius 3 is 2.49 bits per heavy atom. The van der Waals surface area contributed by atoms with Gasteiger partial charge in [-0.1, -0.05) is 48.5 Å². The zero-order valence-electron chi connectivity index (χ0n) is 21.7. The van der Waals surface area contributed by atoms with Crippen LogP contribution in [-0.4, -0.2) is 20.0 Å². The molecule has 41 heavy (non-hydrogen) atoms. The molecular weight excluding hydrogens is 545 g/mol. The van der Waals surface area contributed by atoms with Crippen LogP contribution < -0.4 is 15.8 Å². The molecule has 2 aliphatic rings. The number of hydrogen-bond acceptors (Lipinski definition) is 6. The Bertz CT molecular complexity index is 1760. The number of fused-ring (bicyclic) bond motifs is 5. The number of alkyl halides is 3. The molecule has 0 atom stereocenters. The Morgan fingerprint density at radius 1 is 0.927 bits per heavy atom. The second-order valence-electron chi connectivity index (χ2n) is 10.3. The Labute approximate surface area is 239 Å². The lowest BCUT2D eigenvalue weighted by Crippen LogP contribution is -2.43. The molecule has 0 spiro atoms. The molecular formula is C31H25F3N6S. The molecule has 3 heterocycles. The molecule has 10 heteroatoms. The van der Waals surface area contributed by atoms with Crippen molar-refractivity contribution in [1.29, 1.82) is 0 Å². The molecule has 0 saturated heterocycles. The van der Waals surface area contributed by atoms with Crippen molar-refractivity contribution in [3.63, 3.8) is 0 Å². The first-order chi connectivity index (χ1) is 19.8. The summed E-state index contributed by atoms with van der Waals surface area (Å²) < 4.78 is 43.3. The number of imidazole rings is 1. The summed E-state index contributed by atoms with van der Waals surface area (Å²) in [6.07, 6.45) is 4.76. The minimum atomic E-state index is -4.41. The molecule has 6 nitrogen and oxygen atoms in total.